The van der Waals surface area contributed by atoms with Crippen LogP contribution < -0.4 is 20.9 Å². The molecule has 2 aromatic carbocycles. The fraction of sp³-hybridized carbons (Fsp3) is 0.294. The Balaban J connectivity index is 0.000000207. The number of carboxylic acids is 1. The molecule has 4 aromatic rings. The normalized spacial score (nSPS) is 16.9. The van der Waals surface area contributed by atoms with Gasteiger partial charge in [0.1, 0.15) is 11.8 Å². The van der Waals surface area contributed by atoms with E-state index in [9.17, 15) is 19.2 Å². The summed E-state index contributed by atoms with van der Waals surface area (Å²) in [5, 5.41) is 15.8. The van der Waals surface area contributed by atoms with Gasteiger partial charge in [0.25, 0.3) is 0 Å². The Morgan fingerprint density at radius 3 is 1.65 bits per heavy atom. The van der Waals surface area contributed by atoms with Crippen LogP contribution in [-0.2, 0) is 32.0 Å². The van der Waals surface area contributed by atoms with Crippen LogP contribution in [0.15, 0.2) is 95.7 Å². The van der Waals surface area contributed by atoms with Crippen LogP contribution in [0.1, 0.15) is 22.6 Å². The van der Waals surface area contributed by atoms with E-state index in [4.69, 9.17) is 10.8 Å². The van der Waals surface area contributed by atoms with Crippen molar-refractivity contribution in [2.24, 2.45) is 17.6 Å². The first kappa shape index (κ1) is 36.4. The number of hydrogen-bond acceptors (Lipinski definition) is 7. The van der Waals surface area contributed by atoms with Gasteiger partial charge in [-0.05, 0) is 79.4 Å². The van der Waals surface area contributed by atoms with E-state index in [1.54, 1.807) is 27.6 Å². The molecule has 0 aliphatic carbocycles. The maximum absolute atomic E-state index is 12.4. The molecule has 2 unspecified atom stereocenters. The molecule has 46 heavy (non-hydrogen) atoms. The third-order valence-electron chi connectivity index (χ3n) is 7.38. The molecule has 0 bridgehead atoms. The number of thiophene rings is 2. The van der Waals surface area contributed by atoms with Crippen molar-refractivity contribution >= 4 is 70.1 Å². The smallest absolute Gasteiger partial charge is 0.316 e. The topological polar surface area (TPSA) is 133 Å². The lowest BCUT2D eigenvalue weighted by atomic mass is 10.1. The minimum Gasteiger partial charge on any atom is -0.481 e. The molecule has 244 valence electrons. The van der Waals surface area contributed by atoms with E-state index in [0.717, 1.165) is 30.8 Å². The number of nitrogens with two attached hydrogens (primary N) is 1. The Hall–Kier alpha value is -4.03. The summed E-state index contributed by atoms with van der Waals surface area (Å²) in [6.45, 7) is 2.43. The molecule has 9 nitrogen and oxygen atoms in total. The van der Waals surface area contributed by atoms with Crippen molar-refractivity contribution in [2.45, 2.75) is 25.7 Å². The van der Waals surface area contributed by atoms with Crippen molar-refractivity contribution in [1.82, 2.24) is 5.32 Å². The minimum absolute atomic E-state index is 0. The minimum atomic E-state index is -1.03. The van der Waals surface area contributed by atoms with Gasteiger partial charge in [-0.15, -0.1) is 35.1 Å². The number of carboxylic acid groups (broad SMARTS) is 1. The predicted octanol–water partition coefficient (Wildman–Crippen LogP) is 5.26. The molecule has 3 amide bonds. The SMILES string of the molecule is Cl.NCCc1cccs1.O=C(NCCc1cccs1)C1CCN(c2ccccc2)C1=O.O=C(O)C1CCN(c2ccccc2)C1=O. The molecule has 2 saturated heterocycles. The van der Waals surface area contributed by atoms with E-state index < -0.39 is 17.8 Å². The summed E-state index contributed by atoms with van der Waals surface area (Å²) < 4.78 is 0. The molecule has 2 aliphatic heterocycles. The molecule has 2 fully saturated rings. The van der Waals surface area contributed by atoms with Crippen LogP contribution in [0.2, 0.25) is 0 Å². The van der Waals surface area contributed by atoms with Gasteiger partial charge in [-0.1, -0.05) is 48.5 Å². The van der Waals surface area contributed by atoms with Crippen LogP contribution >= 0.6 is 35.1 Å². The molecule has 2 atom stereocenters. The molecule has 6 rings (SSSR count). The van der Waals surface area contributed by atoms with Crippen molar-refractivity contribution < 1.29 is 24.3 Å². The average molecular weight is 683 g/mol. The van der Waals surface area contributed by atoms with Gasteiger partial charge < -0.3 is 26.0 Å². The van der Waals surface area contributed by atoms with Crippen LogP contribution in [0, 0.1) is 11.8 Å². The average Bonchev–Trinajstić information content (AvgIpc) is 3.88. The summed E-state index contributed by atoms with van der Waals surface area (Å²) in [5.74, 6) is -3.01. The van der Waals surface area contributed by atoms with E-state index in [0.29, 0.717) is 32.5 Å². The zero-order valence-corrected chi connectivity index (χ0v) is 27.8. The summed E-state index contributed by atoms with van der Waals surface area (Å²) in [7, 11) is 0. The Bertz CT molecular complexity index is 1510. The Labute approximate surface area is 283 Å². The number of benzene rings is 2. The summed E-state index contributed by atoms with van der Waals surface area (Å²) in [6, 6.07) is 26.9. The first-order valence-electron chi connectivity index (χ1n) is 14.9. The molecule has 2 aliphatic rings. The summed E-state index contributed by atoms with van der Waals surface area (Å²) in [5.41, 5.74) is 6.96. The second kappa shape index (κ2) is 18.8. The fourth-order valence-corrected chi connectivity index (χ4v) is 6.48. The molecular formula is C34H39ClN4O5S2. The lowest BCUT2D eigenvalue weighted by Gasteiger charge is -2.16. The van der Waals surface area contributed by atoms with E-state index in [2.05, 4.69) is 28.9 Å². The number of aliphatic carboxylic acids is 1. The van der Waals surface area contributed by atoms with Gasteiger partial charge in [-0.25, -0.2) is 0 Å². The van der Waals surface area contributed by atoms with Gasteiger partial charge in [0.2, 0.25) is 17.7 Å². The van der Waals surface area contributed by atoms with Crippen LogP contribution in [0.25, 0.3) is 0 Å². The van der Waals surface area contributed by atoms with Gasteiger partial charge in [-0.3, -0.25) is 19.2 Å². The highest BCUT2D eigenvalue weighted by Crippen LogP contribution is 2.26. The third kappa shape index (κ3) is 10.2. The largest absolute Gasteiger partial charge is 0.481 e. The van der Waals surface area contributed by atoms with Gasteiger partial charge in [0.05, 0.1) is 0 Å². The molecule has 4 N–H and O–H groups in total. The number of rotatable bonds is 9. The number of nitrogens with one attached hydrogen (secondary N) is 1. The molecule has 0 radical (unpaired) electrons. The quantitative estimate of drug-likeness (QED) is 0.207. The number of anilines is 2. The zero-order valence-electron chi connectivity index (χ0n) is 25.3. The van der Waals surface area contributed by atoms with E-state index in [1.807, 2.05) is 72.1 Å². The second-order valence-corrected chi connectivity index (χ2v) is 12.5. The molecule has 4 heterocycles. The monoisotopic (exact) mass is 682 g/mol. The number of hydrogen-bond donors (Lipinski definition) is 3. The molecule has 12 heteroatoms. The maximum atomic E-state index is 12.4. The van der Waals surface area contributed by atoms with Crippen LogP contribution in [0.5, 0.6) is 0 Å². The molecule has 2 aromatic heterocycles. The highest BCUT2D eigenvalue weighted by Gasteiger charge is 2.38. The van der Waals surface area contributed by atoms with Crippen LogP contribution in [0.4, 0.5) is 11.4 Å². The third-order valence-corrected chi connectivity index (χ3v) is 9.26. The summed E-state index contributed by atoms with van der Waals surface area (Å²) in [4.78, 5) is 52.9. The van der Waals surface area contributed by atoms with E-state index >= 15 is 0 Å². The Kier molecular flexibility index (Phi) is 14.9. The van der Waals surface area contributed by atoms with E-state index in [1.165, 1.54) is 14.7 Å². The summed E-state index contributed by atoms with van der Waals surface area (Å²) >= 11 is 3.45. The second-order valence-electron chi connectivity index (χ2n) is 10.4. The van der Waals surface area contributed by atoms with Crippen LogP contribution in [-0.4, -0.2) is 55.0 Å². The predicted molar refractivity (Wildman–Crippen MR) is 187 cm³/mol. The first-order valence-corrected chi connectivity index (χ1v) is 16.6. The van der Waals surface area contributed by atoms with Gasteiger partial charge in [0, 0.05) is 40.8 Å². The number of carbonyl (C=O) groups is 4. The highest BCUT2D eigenvalue weighted by molar-refractivity contribution is 7.10. The van der Waals surface area contributed by atoms with Crippen LogP contribution in [0.3, 0.4) is 0 Å². The Morgan fingerprint density at radius 2 is 1.22 bits per heavy atom. The lowest BCUT2D eigenvalue weighted by Crippen LogP contribution is -2.37. The first-order chi connectivity index (χ1) is 21.9. The van der Waals surface area contributed by atoms with Crippen molar-refractivity contribution in [3.63, 3.8) is 0 Å². The number of nitrogens with zero attached hydrogens (tertiary/aromatic N) is 2. The lowest BCUT2D eigenvalue weighted by molar-refractivity contribution is -0.145. The number of halogens is 1. The van der Waals surface area contributed by atoms with Crippen molar-refractivity contribution in [3.8, 4) is 0 Å². The molecule has 0 saturated carbocycles. The number of para-hydroxylation sites is 2. The molecule has 0 spiro atoms. The number of carbonyl (C=O) groups excluding carboxylic acids is 3. The van der Waals surface area contributed by atoms with Crippen molar-refractivity contribution in [3.05, 3.63) is 105 Å². The number of amides is 3. The maximum Gasteiger partial charge on any atom is 0.316 e. The zero-order chi connectivity index (χ0) is 32.0. The van der Waals surface area contributed by atoms with E-state index in [-0.39, 0.29) is 30.1 Å². The van der Waals surface area contributed by atoms with Crippen molar-refractivity contribution in [1.29, 1.82) is 0 Å². The van der Waals surface area contributed by atoms with Gasteiger partial charge in [-0.2, -0.15) is 0 Å². The van der Waals surface area contributed by atoms with Gasteiger partial charge in [0.15, 0.2) is 0 Å². The fourth-order valence-electron chi connectivity index (χ4n) is 5.04. The summed E-state index contributed by atoms with van der Waals surface area (Å²) in [6.07, 6.45) is 2.81. The highest BCUT2D eigenvalue weighted by atomic mass is 35.5. The Morgan fingerprint density at radius 1 is 0.739 bits per heavy atom. The molecular weight excluding hydrogens is 644 g/mol. The standard InChI is InChI=1S/C17H18N2O2S.C11H11NO3.C6H9NS.ClH/c20-16(18-10-8-14-7-4-12-22-14)15-9-11-19(17(15)21)13-5-2-1-3-6-13;13-10-9(11(14)15)6-7-12(10)8-4-2-1-3-5-8;7-4-3-6-2-1-5-8-6;/h1-7,12,15H,8-11H2,(H,18,20);1-5,9H,6-7H2,(H,14,15);1-2,5H,3-4,7H2;1H. The van der Waals surface area contributed by atoms with Gasteiger partial charge >= 0.3 is 5.97 Å². The van der Waals surface area contributed by atoms with Crippen molar-refractivity contribution in [2.75, 3.05) is 36.0 Å².